The molecule has 0 atom stereocenters. The first-order chi connectivity index (χ1) is 12.4. The van der Waals surface area contributed by atoms with E-state index in [1.165, 1.54) is 37.5 Å². The second-order valence-corrected chi connectivity index (χ2v) is 6.14. The Labute approximate surface area is 159 Å². The Bertz CT molecular complexity index is 944. The fourth-order valence-electron chi connectivity index (χ4n) is 2.46. The molecular weight excluding hydrogens is 379 g/mol. The molecule has 1 fully saturated rings. The van der Waals surface area contributed by atoms with Crippen LogP contribution in [-0.4, -0.2) is 24.0 Å². The molecule has 2 aromatic carbocycles. The van der Waals surface area contributed by atoms with Crippen molar-refractivity contribution in [2.75, 3.05) is 12.0 Å². The molecule has 1 saturated heterocycles. The van der Waals surface area contributed by atoms with Crippen molar-refractivity contribution >= 4 is 52.5 Å². The van der Waals surface area contributed by atoms with Gasteiger partial charge in [-0.1, -0.05) is 11.6 Å². The quantitative estimate of drug-likeness (QED) is 0.496. The Morgan fingerprint density at radius 1 is 1.19 bits per heavy atom. The fraction of sp³-hybridized carbons (Fsp3) is 0.0556. The number of halogens is 2. The van der Waals surface area contributed by atoms with Crippen molar-refractivity contribution in [1.29, 1.82) is 0 Å². The molecule has 0 radical (unpaired) electrons. The van der Waals surface area contributed by atoms with Crippen molar-refractivity contribution in [3.05, 3.63) is 64.4 Å². The number of benzene rings is 2. The lowest BCUT2D eigenvalue weighted by atomic mass is 10.1. The number of anilines is 1. The average Bonchev–Trinajstić information content (AvgIpc) is 2.60. The molecule has 2 amide bonds. The molecule has 5 nitrogen and oxygen atoms in total. The molecular formula is C18H12ClFN2O3S. The van der Waals surface area contributed by atoms with Crippen molar-refractivity contribution in [1.82, 2.24) is 5.32 Å². The maximum Gasteiger partial charge on any atom is 0.270 e. The summed E-state index contributed by atoms with van der Waals surface area (Å²) in [5, 5.41) is 2.80. The standard InChI is InChI=1S/C18H12ClFN2O3S/c1-25-15-7-2-11(19)8-10(15)9-14-16(23)21-18(26)22(17(14)24)13-5-3-12(20)4-6-13/h2-9H,1H3,(H,21,23,26)/b14-9+. The predicted molar refractivity (Wildman–Crippen MR) is 101 cm³/mol. The summed E-state index contributed by atoms with van der Waals surface area (Å²) in [4.78, 5) is 26.3. The number of nitrogens with zero attached hydrogens (tertiary/aromatic N) is 1. The van der Waals surface area contributed by atoms with E-state index in [9.17, 15) is 14.0 Å². The highest BCUT2D eigenvalue weighted by Gasteiger charge is 2.34. The first-order valence-electron chi connectivity index (χ1n) is 7.41. The highest BCUT2D eigenvalue weighted by molar-refractivity contribution is 7.80. The maximum atomic E-state index is 13.2. The minimum absolute atomic E-state index is 0.0817. The number of methoxy groups -OCH3 is 1. The molecule has 0 aliphatic carbocycles. The molecule has 132 valence electrons. The smallest absolute Gasteiger partial charge is 0.270 e. The lowest BCUT2D eigenvalue weighted by Crippen LogP contribution is -2.54. The van der Waals surface area contributed by atoms with Gasteiger partial charge in [-0.05, 0) is 60.8 Å². The minimum Gasteiger partial charge on any atom is -0.496 e. The predicted octanol–water partition coefficient (Wildman–Crippen LogP) is 3.32. The van der Waals surface area contributed by atoms with Crippen molar-refractivity contribution in [2.45, 2.75) is 0 Å². The maximum absolute atomic E-state index is 13.2. The number of hydrogen-bond donors (Lipinski definition) is 1. The summed E-state index contributed by atoms with van der Waals surface area (Å²) >= 11 is 11.1. The van der Waals surface area contributed by atoms with Crippen LogP contribution in [0.2, 0.25) is 5.02 Å². The van der Waals surface area contributed by atoms with Gasteiger partial charge in [-0.15, -0.1) is 0 Å². The first-order valence-corrected chi connectivity index (χ1v) is 8.20. The Balaban J connectivity index is 2.06. The lowest BCUT2D eigenvalue weighted by Gasteiger charge is -2.29. The molecule has 0 unspecified atom stereocenters. The van der Waals surface area contributed by atoms with E-state index in [0.717, 1.165) is 4.90 Å². The van der Waals surface area contributed by atoms with Crippen molar-refractivity contribution in [3.63, 3.8) is 0 Å². The number of thiocarbonyl (C=S) groups is 1. The Morgan fingerprint density at radius 2 is 1.88 bits per heavy atom. The van der Waals surface area contributed by atoms with Crippen LogP contribution in [0.25, 0.3) is 6.08 Å². The van der Waals surface area contributed by atoms with Gasteiger partial charge in [-0.25, -0.2) is 4.39 Å². The topological polar surface area (TPSA) is 58.6 Å². The van der Waals surface area contributed by atoms with E-state index < -0.39 is 17.6 Å². The van der Waals surface area contributed by atoms with Gasteiger partial charge in [0.25, 0.3) is 11.8 Å². The highest BCUT2D eigenvalue weighted by Crippen LogP contribution is 2.27. The summed E-state index contributed by atoms with van der Waals surface area (Å²) in [6.07, 6.45) is 1.38. The molecule has 3 rings (SSSR count). The van der Waals surface area contributed by atoms with Crippen molar-refractivity contribution in [2.24, 2.45) is 0 Å². The molecule has 0 saturated carbocycles. The van der Waals surface area contributed by atoms with Crippen LogP contribution in [0.3, 0.4) is 0 Å². The van der Waals surface area contributed by atoms with Crippen LogP contribution in [0.1, 0.15) is 5.56 Å². The molecule has 2 aromatic rings. The zero-order chi connectivity index (χ0) is 18.8. The Kier molecular flexibility index (Phi) is 5.01. The first kappa shape index (κ1) is 18.0. The van der Waals surface area contributed by atoms with Gasteiger partial charge in [0, 0.05) is 10.6 Å². The van der Waals surface area contributed by atoms with E-state index in [0.29, 0.717) is 22.0 Å². The van der Waals surface area contributed by atoms with Crippen LogP contribution in [0.15, 0.2) is 48.0 Å². The molecule has 0 bridgehead atoms. The van der Waals surface area contributed by atoms with Gasteiger partial charge in [-0.2, -0.15) is 0 Å². The van der Waals surface area contributed by atoms with Crippen LogP contribution in [0, 0.1) is 5.82 Å². The number of hydrogen-bond acceptors (Lipinski definition) is 4. The average molecular weight is 391 g/mol. The minimum atomic E-state index is -0.639. The third-order valence-corrected chi connectivity index (χ3v) is 4.20. The number of carbonyl (C=O) groups excluding carboxylic acids is 2. The van der Waals surface area contributed by atoms with Crippen molar-refractivity contribution in [3.8, 4) is 5.75 Å². The number of rotatable bonds is 3. The molecule has 0 aromatic heterocycles. The number of ether oxygens (including phenoxy) is 1. The zero-order valence-corrected chi connectivity index (χ0v) is 15.0. The van der Waals surface area contributed by atoms with E-state index in [1.807, 2.05) is 0 Å². The van der Waals surface area contributed by atoms with Gasteiger partial charge in [0.15, 0.2) is 5.11 Å². The van der Waals surface area contributed by atoms with E-state index in [-0.39, 0.29) is 10.7 Å². The van der Waals surface area contributed by atoms with Gasteiger partial charge in [0.2, 0.25) is 0 Å². The van der Waals surface area contributed by atoms with Gasteiger partial charge >= 0.3 is 0 Å². The Hall–Kier alpha value is -2.77. The summed E-state index contributed by atoms with van der Waals surface area (Å²) in [7, 11) is 1.47. The largest absolute Gasteiger partial charge is 0.496 e. The van der Waals surface area contributed by atoms with E-state index in [2.05, 4.69) is 5.32 Å². The lowest BCUT2D eigenvalue weighted by molar-refractivity contribution is -0.122. The number of carbonyl (C=O) groups is 2. The van der Waals surface area contributed by atoms with Crippen LogP contribution in [-0.2, 0) is 9.59 Å². The summed E-state index contributed by atoms with van der Waals surface area (Å²) < 4.78 is 18.4. The fourth-order valence-corrected chi connectivity index (χ4v) is 2.92. The van der Waals surface area contributed by atoms with Gasteiger partial charge in [-0.3, -0.25) is 19.8 Å². The summed E-state index contributed by atoms with van der Waals surface area (Å²) in [5.74, 6) is -1.27. The summed E-state index contributed by atoms with van der Waals surface area (Å²) in [6, 6.07) is 10.0. The van der Waals surface area contributed by atoms with Crippen molar-refractivity contribution < 1.29 is 18.7 Å². The number of amides is 2. The zero-order valence-electron chi connectivity index (χ0n) is 13.5. The summed E-state index contributed by atoms with van der Waals surface area (Å²) in [5.41, 5.74) is 0.652. The molecule has 1 N–H and O–H groups in total. The van der Waals surface area contributed by atoms with Crippen LogP contribution < -0.4 is 15.0 Å². The van der Waals surface area contributed by atoms with Crippen LogP contribution in [0.5, 0.6) is 5.75 Å². The third kappa shape index (κ3) is 3.44. The van der Waals surface area contributed by atoms with E-state index >= 15 is 0 Å². The second kappa shape index (κ2) is 7.23. The molecule has 1 aliphatic rings. The van der Waals surface area contributed by atoms with Crippen LogP contribution >= 0.6 is 23.8 Å². The van der Waals surface area contributed by atoms with Gasteiger partial charge in [0.05, 0.1) is 12.8 Å². The molecule has 26 heavy (non-hydrogen) atoms. The SMILES string of the molecule is COc1ccc(Cl)cc1/C=C1\C(=O)NC(=S)N(c2ccc(F)cc2)C1=O. The molecule has 0 spiro atoms. The monoisotopic (exact) mass is 390 g/mol. The van der Waals surface area contributed by atoms with Crippen LogP contribution in [0.4, 0.5) is 10.1 Å². The Morgan fingerprint density at radius 3 is 2.54 bits per heavy atom. The third-order valence-electron chi connectivity index (χ3n) is 3.68. The molecule has 1 heterocycles. The van der Waals surface area contributed by atoms with Gasteiger partial charge < -0.3 is 4.74 Å². The molecule has 8 heteroatoms. The highest BCUT2D eigenvalue weighted by atomic mass is 35.5. The van der Waals surface area contributed by atoms with Gasteiger partial charge in [0.1, 0.15) is 17.1 Å². The van der Waals surface area contributed by atoms with E-state index in [4.69, 9.17) is 28.6 Å². The normalized spacial score (nSPS) is 16.0. The summed E-state index contributed by atoms with van der Waals surface area (Å²) in [6.45, 7) is 0. The molecule has 1 aliphatic heterocycles. The second-order valence-electron chi connectivity index (χ2n) is 5.32. The van der Waals surface area contributed by atoms with E-state index in [1.54, 1.807) is 18.2 Å². The number of nitrogens with one attached hydrogen (secondary N) is 1.